The largest absolute Gasteiger partial charge is 0.439 e. The fourth-order valence-corrected chi connectivity index (χ4v) is 2.88. The van der Waals surface area contributed by atoms with E-state index in [0.29, 0.717) is 17.1 Å². The number of oxazole rings is 1. The summed E-state index contributed by atoms with van der Waals surface area (Å²) in [7, 11) is 1.90. The van der Waals surface area contributed by atoms with Crippen LogP contribution in [0.5, 0.6) is 0 Å². The number of nitrogens with zero attached hydrogens (tertiary/aromatic N) is 4. The Bertz CT molecular complexity index is 1020. The standard InChI is InChI=1S/C18H17N5O/c1-11-16(13-9-15-17(20-10-13)21-12(2)24-15)22-23(18(11)19-3)14-7-5-4-6-8-14/h4-10,19H,1-3H3. The van der Waals surface area contributed by atoms with Crippen LogP contribution in [0.15, 0.2) is 47.0 Å². The molecule has 0 saturated carbocycles. The maximum atomic E-state index is 5.59. The van der Waals surface area contributed by atoms with Gasteiger partial charge >= 0.3 is 0 Å². The van der Waals surface area contributed by atoms with Crippen molar-refractivity contribution in [1.82, 2.24) is 19.7 Å². The van der Waals surface area contributed by atoms with Crippen molar-refractivity contribution in [2.24, 2.45) is 0 Å². The van der Waals surface area contributed by atoms with E-state index in [9.17, 15) is 0 Å². The smallest absolute Gasteiger partial charge is 0.198 e. The Morgan fingerprint density at radius 1 is 1.12 bits per heavy atom. The minimum Gasteiger partial charge on any atom is -0.439 e. The van der Waals surface area contributed by atoms with Crippen molar-refractivity contribution in [2.45, 2.75) is 13.8 Å². The van der Waals surface area contributed by atoms with Gasteiger partial charge in [-0.3, -0.25) is 0 Å². The Labute approximate surface area is 139 Å². The molecule has 0 fully saturated rings. The van der Waals surface area contributed by atoms with E-state index < -0.39 is 0 Å². The van der Waals surface area contributed by atoms with E-state index in [-0.39, 0.29) is 0 Å². The molecule has 0 radical (unpaired) electrons. The second kappa shape index (κ2) is 5.49. The molecule has 0 bridgehead atoms. The maximum Gasteiger partial charge on any atom is 0.198 e. The highest BCUT2D eigenvalue weighted by Gasteiger charge is 2.17. The van der Waals surface area contributed by atoms with Gasteiger partial charge in [0.2, 0.25) is 0 Å². The molecule has 0 amide bonds. The average molecular weight is 319 g/mol. The number of aromatic nitrogens is 4. The zero-order valence-electron chi connectivity index (χ0n) is 13.7. The predicted molar refractivity (Wildman–Crippen MR) is 93.4 cm³/mol. The van der Waals surface area contributed by atoms with Crippen molar-refractivity contribution in [3.63, 3.8) is 0 Å². The van der Waals surface area contributed by atoms with E-state index in [2.05, 4.69) is 15.3 Å². The van der Waals surface area contributed by atoms with Gasteiger partial charge in [-0.25, -0.2) is 9.67 Å². The van der Waals surface area contributed by atoms with Gasteiger partial charge in [0.1, 0.15) is 5.82 Å². The third kappa shape index (κ3) is 2.23. The molecular formula is C18H17N5O. The predicted octanol–water partition coefficient (Wildman–Crippen LogP) is 3.73. The number of aryl methyl sites for hydroxylation is 1. The van der Waals surface area contributed by atoms with Crippen LogP contribution in [-0.2, 0) is 0 Å². The summed E-state index contributed by atoms with van der Waals surface area (Å²) in [6.07, 6.45) is 1.79. The van der Waals surface area contributed by atoms with Crippen molar-refractivity contribution in [3.8, 4) is 16.9 Å². The van der Waals surface area contributed by atoms with Crippen LogP contribution in [0.3, 0.4) is 0 Å². The zero-order chi connectivity index (χ0) is 16.7. The monoisotopic (exact) mass is 319 g/mol. The van der Waals surface area contributed by atoms with Crippen LogP contribution >= 0.6 is 0 Å². The molecule has 1 aromatic carbocycles. The first kappa shape index (κ1) is 14.4. The number of pyridine rings is 1. The van der Waals surface area contributed by atoms with Crippen LogP contribution in [-0.4, -0.2) is 26.8 Å². The molecule has 0 aliphatic heterocycles. The van der Waals surface area contributed by atoms with E-state index in [0.717, 1.165) is 28.3 Å². The lowest BCUT2D eigenvalue weighted by Crippen LogP contribution is -2.02. The van der Waals surface area contributed by atoms with E-state index >= 15 is 0 Å². The minimum atomic E-state index is 0.608. The Kier molecular flexibility index (Phi) is 3.30. The highest BCUT2D eigenvalue weighted by atomic mass is 16.3. The molecular weight excluding hydrogens is 302 g/mol. The first-order valence-corrected chi connectivity index (χ1v) is 7.73. The highest BCUT2D eigenvalue weighted by Crippen LogP contribution is 2.31. The number of anilines is 1. The molecule has 3 heterocycles. The lowest BCUT2D eigenvalue weighted by atomic mass is 10.1. The fraction of sp³-hybridized carbons (Fsp3) is 0.167. The maximum absolute atomic E-state index is 5.59. The van der Waals surface area contributed by atoms with E-state index in [1.807, 2.05) is 62.0 Å². The van der Waals surface area contributed by atoms with Crippen LogP contribution in [0, 0.1) is 13.8 Å². The van der Waals surface area contributed by atoms with E-state index in [1.54, 1.807) is 6.20 Å². The van der Waals surface area contributed by atoms with Gasteiger partial charge in [0.25, 0.3) is 0 Å². The van der Waals surface area contributed by atoms with Gasteiger partial charge in [-0.2, -0.15) is 10.1 Å². The molecule has 0 aliphatic carbocycles. The Hall–Kier alpha value is -3.15. The third-order valence-electron chi connectivity index (χ3n) is 3.99. The summed E-state index contributed by atoms with van der Waals surface area (Å²) in [4.78, 5) is 8.62. The quantitative estimate of drug-likeness (QED) is 0.623. The summed E-state index contributed by atoms with van der Waals surface area (Å²) >= 11 is 0. The Morgan fingerprint density at radius 3 is 2.67 bits per heavy atom. The summed E-state index contributed by atoms with van der Waals surface area (Å²) in [6, 6.07) is 12.0. The lowest BCUT2D eigenvalue weighted by molar-refractivity contribution is 0.561. The van der Waals surface area contributed by atoms with Crippen molar-refractivity contribution in [3.05, 3.63) is 54.0 Å². The Balaban J connectivity index is 1.89. The van der Waals surface area contributed by atoms with Crippen LogP contribution in [0.2, 0.25) is 0 Å². The number of fused-ring (bicyclic) bond motifs is 1. The second-order valence-corrected chi connectivity index (χ2v) is 5.60. The summed E-state index contributed by atoms with van der Waals surface area (Å²) in [5.74, 6) is 1.56. The van der Waals surface area contributed by atoms with Crippen molar-refractivity contribution >= 4 is 17.0 Å². The molecule has 1 N–H and O–H groups in total. The van der Waals surface area contributed by atoms with E-state index in [4.69, 9.17) is 9.52 Å². The van der Waals surface area contributed by atoms with Crippen LogP contribution in [0.4, 0.5) is 5.82 Å². The summed E-state index contributed by atoms with van der Waals surface area (Å²) < 4.78 is 7.50. The normalized spacial score (nSPS) is 11.1. The minimum absolute atomic E-state index is 0.608. The van der Waals surface area contributed by atoms with Gasteiger partial charge in [0.15, 0.2) is 17.1 Å². The molecule has 0 atom stereocenters. The Morgan fingerprint density at radius 2 is 1.92 bits per heavy atom. The van der Waals surface area contributed by atoms with Crippen molar-refractivity contribution in [1.29, 1.82) is 0 Å². The molecule has 4 rings (SSSR count). The highest BCUT2D eigenvalue weighted by molar-refractivity contribution is 5.78. The number of hydrogen-bond acceptors (Lipinski definition) is 5. The van der Waals surface area contributed by atoms with Crippen LogP contribution in [0.1, 0.15) is 11.5 Å². The SMILES string of the molecule is CNc1c(C)c(-c2cnc3nc(C)oc3c2)nn1-c1ccccc1. The van der Waals surface area contributed by atoms with Gasteiger partial charge in [-0.05, 0) is 25.1 Å². The molecule has 0 aliphatic rings. The molecule has 24 heavy (non-hydrogen) atoms. The lowest BCUT2D eigenvalue weighted by Gasteiger charge is -2.06. The molecule has 6 heteroatoms. The molecule has 0 spiro atoms. The van der Waals surface area contributed by atoms with Gasteiger partial charge in [0.05, 0.1) is 11.4 Å². The average Bonchev–Trinajstić information content (AvgIpc) is 3.13. The zero-order valence-corrected chi connectivity index (χ0v) is 13.7. The molecule has 4 aromatic rings. The number of rotatable bonds is 3. The van der Waals surface area contributed by atoms with E-state index in [1.165, 1.54) is 0 Å². The summed E-state index contributed by atoms with van der Waals surface area (Å²) in [5, 5.41) is 8.02. The van der Waals surface area contributed by atoms with Gasteiger partial charge < -0.3 is 9.73 Å². The summed E-state index contributed by atoms with van der Waals surface area (Å²) in [6.45, 7) is 3.86. The van der Waals surface area contributed by atoms with Crippen molar-refractivity contribution < 1.29 is 4.42 Å². The van der Waals surface area contributed by atoms with Gasteiger partial charge in [-0.1, -0.05) is 18.2 Å². The number of hydrogen-bond donors (Lipinski definition) is 1. The van der Waals surface area contributed by atoms with Crippen LogP contribution < -0.4 is 5.32 Å². The fourth-order valence-electron chi connectivity index (χ4n) is 2.88. The summed E-state index contributed by atoms with van der Waals surface area (Å²) in [5.41, 5.74) is 5.11. The third-order valence-corrected chi connectivity index (χ3v) is 3.99. The molecule has 3 aromatic heterocycles. The second-order valence-electron chi connectivity index (χ2n) is 5.60. The topological polar surface area (TPSA) is 68.8 Å². The molecule has 0 saturated heterocycles. The number of para-hydroxylation sites is 1. The molecule has 120 valence electrons. The number of benzene rings is 1. The molecule has 0 unspecified atom stereocenters. The first-order valence-electron chi connectivity index (χ1n) is 7.73. The number of nitrogens with one attached hydrogen (secondary N) is 1. The van der Waals surface area contributed by atoms with Crippen molar-refractivity contribution in [2.75, 3.05) is 12.4 Å². The first-order chi connectivity index (χ1) is 11.7. The van der Waals surface area contributed by atoms with Gasteiger partial charge in [-0.15, -0.1) is 0 Å². The molecule has 6 nitrogen and oxygen atoms in total. The van der Waals surface area contributed by atoms with Crippen LogP contribution in [0.25, 0.3) is 28.2 Å². The van der Waals surface area contributed by atoms with Gasteiger partial charge in [0, 0.05) is 31.3 Å².